The molecule has 2 aliphatic rings. The molecule has 1 aromatic rings. The predicted molar refractivity (Wildman–Crippen MR) is 72.8 cm³/mol. The molecule has 0 atom stereocenters. The van der Waals surface area contributed by atoms with E-state index in [-0.39, 0.29) is 12.4 Å². The highest BCUT2D eigenvalue weighted by atomic mass is 35.5. The van der Waals surface area contributed by atoms with E-state index in [0.29, 0.717) is 13.2 Å². The van der Waals surface area contributed by atoms with Crippen LogP contribution in [0.2, 0.25) is 0 Å². The van der Waals surface area contributed by atoms with Gasteiger partial charge in [0, 0.05) is 38.3 Å². The number of hydrogen-bond acceptors (Lipinski definition) is 4. The third-order valence-electron chi connectivity index (χ3n) is 3.25. The fourth-order valence-corrected chi connectivity index (χ4v) is 2.37. The Labute approximate surface area is 114 Å². The van der Waals surface area contributed by atoms with Crippen LogP contribution in [-0.4, -0.2) is 44.3 Å². The predicted octanol–water partition coefficient (Wildman–Crippen LogP) is 1.28. The Hall–Kier alpha value is -0.970. The lowest BCUT2D eigenvalue weighted by atomic mass is 10.1. The highest BCUT2D eigenvalue weighted by molar-refractivity contribution is 5.85. The van der Waals surface area contributed by atoms with Crippen molar-refractivity contribution in [3.8, 4) is 11.5 Å². The van der Waals surface area contributed by atoms with Gasteiger partial charge in [-0.2, -0.15) is 0 Å². The van der Waals surface area contributed by atoms with Crippen LogP contribution in [0.1, 0.15) is 5.56 Å². The molecule has 5 heteroatoms. The highest BCUT2D eigenvalue weighted by Gasteiger charge is 2.18. The van der Waals surface area contributed by atoms with Gasteiger partial charge in [0.25, 0.3) is 0 Å². The van der Waals surface area contributed by atoms with Gasteiger partial charge in [0.05, 0.1) is 0 Å². The van der Waals surface area contributed by atoms with Crippen LogP contribution < -0.4 is 14.8 Å². The summed E-state index contributed by atoms with van der Waals surface area (Å²) < 4.78 is 11.3. The normalized spacial score (nSPS) is 19.1. The van der Waals surface area contributed by atoms with Gasteiger partial charge in [-0.25, -0.2) is 0 Å². The quantitative estimate of drug-likeness (QED) is 0.878. The van der Waals surface area contributed by atoms with Crippen LogP contribution in [0.3, 0.4) is 0 Å². The van der Waals surface area contributed by atoms with Crippen LogP contribution in [0, 0.1) is 0 Å². The molecule has 4 nitrogen and oxygen atoms in total. The fraction of sp³-hybridized carbons (Fsp3) is 0.538. The van der Waals surface area contributed by atoms with Crippen molar-refractivity contribution in [2.45, 2.75) is 6.54 Å². The summed E-state index contributed by atoms with van der Waals surface area (Å²) in [7, 11) is 0. The van der Waals surface area contributed by atoms with E-state index < -0.39 is 0 Å². The van der Waals surface area contributed by atoms with Crippen molar-refractivity contribution >= 4 is 12.4 Å². The van der Waals surface area contributed by atoms with Crippen LogP contribution in [0.5, 0.6) is 11.5 Å². The van der Waals surface area contributed by atoms with Crippen LogP contribution in [-0.2, 0) is 6.54 Å². The summed E-state index contributed by atoms with van der Waals surface area (Å²) in [5.74, 6) is 1.83. The van der Waals surface area contributed by atoms with Gasteiger partial charge in [-0.1, -0.05) is 12.1 Å². The van der Waals surface area contributed by atoms with Gasteiger partial charge in [-0.3, -0.25) is 4.90 Å². The van der Waals surface area contributed by atoms with Gasteiger partial charge in [0.2, 0.25) is 0 Å². The zero-order chi connectivity index (χ0) is 11.5. The number of piperazine rings is 1. The molecule has 3 rings (SSSR count). The second kappa shape index (κ2) is 6.27. The Kier molecular flexibility index (Phi) is 4.69. The Morgan fingerprint density at radius 3 is 2.72 bits per heavy atom. The van der Waals surface area contributed by atoms with Crippen molar-refractivity contribution < 1.29 is 9.47 Å². The minimum atomic E-state index is 0. The average Bonchev–Trinajstić information content (AvgIpc) is 2.40. The molecular formula is C13H19ClN2O2. The molecule has 1 aromatic carbocycles. The molecule has 0 saturated carbocycles. The molecule has 2 heterocycles. The summed E-state index contributed by atoms with van der Waals surface area (Å²) in [5, 5.41) is 3.37. The lowest BCUT2D eigenvalue weighted by Crippen LogP contribution is -2.43. The first-order chi connectivity index (χ1) is 8.43. The molecule has 0 amide bonds. The maximum atomic E-state index is 5.73. The van der Waals surface area contributed by atoms with Crippen molar-refractivity contribution in [3.05, 3.63) is 23.8 Å². The first kappa shape index (κ1) is 13.5. The summed E-state index contributed by atoms with van der Waals surface area (Å²) in [4.78, 5) is 2.45. The van der Waals surface area contributed by atoms with E-state index in [1.165, 1.54) is 5.56 Å². The number of nitrogens with zero attached hydrogens (tertiary/aromatic N) is 1. The molecule has 18 heavy (non-hydrogen) atoms. The number of benzene rings is 1. The van der Waals surface area contributed by atoms with Gasteiger partial charge < -0.3 is 14.8 Å². The first-order valence-corrected chi connectivity index (χ1v) is 6.24. The topological polar surface area (TPSA) is 33.7 Å². The lowest BCUT2D eigenvalue weighted by molar-refractivity contribution is 0.165. The number of hydrogen-bond donors (Lipinski definition) is 1. The third kappa shape index (κ3) is 2.88. The van der Waals surface area contributed by atoms with Gasteiger partial charge in [0.15, 0.2) is 11.5 Å². The molecule has 0 bridgehead atoms. The molecular weight excluding hydrogens is 252 g/mol. The van der Waals surface area contributed by atoms with Gasteiger partial charge in [-0.05, 0) is 6.07 Å². The summed E-state index contributed by atoms with van der Waals surface area (Å²) in [6.45, 7) is 6.62. The SMILES string of the molecule is Cl.c1cc(CN2CCNCC2)c2c(c1)OCCO2. The van der Waals surface area contributed by atoms with Gasteiger partial charge in [-0.15, -0.1) is 12.4 Å². The number of rotatable bonds is 2. The van der Waals surface area contributed by atoms with E-state index in [9.17, 15) is 0 Å². The van der Waals surface area contributed by atoms with Crippen molar-refractivity contribution in [2.24, 2.45) is 0 Å². The standard InChI is InChI=1S/C13H18N2O2.ClH/c1-2-11(10-15-6-4-14-5-7-15)13-12(3-1)16-8-9-17-13;/h1-3,14H,4-10H2;1H. The minimum Gasteiger partial charge on any atom is -0.486 e. The maximum Gasteiger partial charge on any atom is 0.165 e. The van der Waals surface area contributed by atoms with Crippen LogP contribution in [0.25, 0.3) is 0 Å². The second-order valence-corrected chi connectivity index (χ2v) is 4.47. The largest absolute Gasteiger partial charge is 0.486 e. The van der Waals surface area contributed by atoms with Crippen LogP contribution in [0.4, 0.5) is 0 Å². The van der Waals surface area contributed by atoms with Crippen molar-refractivity contribution in [3.63, 3.8) is 0 Å². The Balaban J connectivity index is 0.00000120. The number of ether oxygens (including phenoxy) is 2. The molecule has 0 aliphatic carbocycles. The molecule has 1 N–H and O–H groups in total. The zero-order valence-electron chi connectivity index (χ0n) is 10.4. The number of nitrogens with one attached hydrogen (secondary N) is 1. The second-order valence-electron chi connectivity index (χ2n) is 4.47. The summed E-state index contributed by atoms with van der Waals surface area (Å²) in [6.07, 6.45) is 0. The van der Waals surface area contributed by atoms with E-state index in [0.717, 1.165) is 44.2 Å². The minimum absolute atomic E-state index is 0. The molecule has 0 aromatic heterocycles. The van der Waals surface area contributed by atoms with Crippen LogP contribution in [0.15, 0.2) is 18.2 Å². The molecule has 1 fully saturated rings. The molecule has 1 saturated heterocycles. The number of fused-ring (bicyclic) bond motifs is 1. The average molecular weight is 271 g/mol. The maximum absolute atomic E-state index is 5.73. The molecule has 0 unspecified atom stereocenters. The summed E-state index contributed by atoms with van der Waals surface area (Å²) >= 11 is 0. The van der Waals surface area contributed by atoms with E-state index >= 15 is 0 Å². The fourth-order valence-electron chi connectivity index (χ4n) is 2.37. The Morgan fingerprint density at radius 2 is 1.89 bits per heavy atom. The highest BCUT2D eigenvalue weighted by Crippen LogP contribution is 2.34. The van der Waals surface area contributed by atoms with E-state index in [1.54, 1.807) is 0 Å². The van der Waals surface area contributed by atoms with Crippen molar-refractivity contribution in [1.29, 1.82) is 0 Å². The molecule has 2 aliphatic heterocycles. The lowest BCUT2D eigenvalue weighted by Gasteiger charge is -2.29. The van der Waals surface area contributed by atoms with Crippen molar-refractivity contribution in [2.75, 3.05) is 39.4 Å². The third-order valence-corrected chi connectivity index (χ3v) is 3.25. The summed E-state index contributed by atoms with van der Waals surface area (Å²) in [6, 6.07) is 6.16. The number of halogens is 1. The van der Waals surface area contributed by atoms with E-state index in [1.807, 2.05) is 12.1 Å². The number of para-hydroxylation sites is 1. The Bertz CT molecular complexity index is 395. The van der Waals surface area contributed by atoms with Gasteiger partial charge in [0.1, 0.15) is 13.2 Å². The van der Waals surface area contributed by atoms with E-state index in [4.69, 9.17) is 9.47 Å². The Morgan fingerprint density at radius 1 is 1.11 bits per heavy atom. The first-order valence-electron chi connectivity index (χ1n) is 6.24. The molecule has 100 valence electrons. The van der Waals surface area contributed by atoms with Crippen LogP contribution >= 0.6 is 12.4 Å². The molecule has 0 spiro atoms. The summed E-state index contributed by atoms with van der Waals surface area (Å²) in [5.41, 5.74) is 1.24. The van der Waals surface area contributed by atoms with Crippen molar-refractivity contribution in [1.82, 2.24) is 10.2 Å². The zero-order valence-corrected chi connectivity index (χ0v) is 11.2. The van der Waals surface area contributed by atoms with Gasteiger partial charge >= 0.3 is 0 Å². The monoisotopic (exact) mass is 270 g/mol. The smallest absolute Gasteiger partial charge is 0.165 e. The molecule has 0 radical (unpaired) electrons. The van der Waals surface area contributed by atoms with E-state index in [2.05, 4.69) is 16.3 Å².